The van der Waals surface area contributed by atoms with Crippen LogP contribution >= 0.6 is 16.5 Å². The molecule has 8 atom stereocenters. The lowest BCUT2D eigenvalue weighted by molar-refractivity contribution is -0.0380. The van der Waals surface area contributed by atoms with Crippen LogP contribution in [0.2, 0.25) is 0 Å². The third kappa shape index (κ3) is 6.09. The van der Waals surface area contributed by atoms with E-state index in [1.165, 1.54) is 23.3 Å². The fourth-order valence-corrected chi connectivity index (χ4v) is 6.46. The Morgan fingerprint density at radius 2 is 1.86 bits per heavy atom. The maximum atomic E-state index is 13.0. The van der Waals surface area contributed by atoms with Gasteiger partial charge in [-0.2, -0.15) is 4.98 Å². The monoisotopic (exact) mass is 650 g/mol. The fourth-order valence-electron chi connectivity index (χ4n) is 5.36. The maximum absolute atomic E-state index is 13.0. The lowest BCUT2D eigenvalue weighted by Gasteiger charge is -2.18. The summed E-state index contributed by atoms with van der Waals surface area (Å²) in [6.07, 6.45) is 3.83. The number of hydrogen-bond donors (Lipinski definition) is 4. The Balaban J connectivity index is 1.10. The predicted octanol–water partition coefficient (Wildman–Crippen LogP) is 1.10. The van der Waals surface area contributed by atoms with Gasteiger partial charge in [0.2, 0.25) is 5.95 Å². The van der Waals surface area contributed by atoms with Crippen molar-refractivity contribution in [2.24, 2.45) is 5.92 Å². The molecule has 4 aromatic rings. The van der Waals surface area contributed by atoms with Crippen LogP contribution in [0.1, 0.15) is 19.1 Å². The lowest BCUT2D eigenvalue weighted by Crippen LogP contribution is -2.31. The molecule has 0 radical (unpaired) electrons. The summed E-state index contributed by atoms with van der Waals surface area (Å²) in [7, 11) is -5.67. The van der Waals surface area contributed by atoms with E-state index >= 15 is 0 Å². The summed E-state index contributed by atoms with van der Waals surface area (Å²) in [5.74, 6) is -0.535. The number of fused-ring (bicyclic) bond motifs is 2. The Morgan fingerprint density at radius 3 is 2.66 bits per heavy atom. The summed E-state index contributed by atoms with van der Waals surface area (Å²) in [5.41, 5.74) is 12.3. The molecule has 4 aromatic heterocycles. The number of anilines is 2. The topological polar surface area (TPSA) is 260 Å². The first-order valence-corrected chi connectivity index (χ1v) is 15.6. The van der Waals surface area contributed by atoms with Gasteiger partial charge in [0, 0.05) is 9.13 Å². The van der Waals surface area contributed by atoms with Crippen molar-refractivity contribution in [3.05, 3.63) is 42.0 Å². The first-order valence-electron chi connectivity index (χ1n) is 13.3. The third-order valence-corrected chi connectivity index (χ3v) is 8.48. The lowest BCUT2D eigenvalue weighted by atomic mass is 10.00. The van der Waals surface area contributed by atoms with E-state index in [1.54, 1.807) is 6.33 Å². The second-order valence-corrected chi connectivity index (χ2v) is 11.7. The van der Waals surface area contributed by atoms with E-state index < -0.39 is 46.4 Å². The van der Waals surface area contributed by atoms with Crippen molar-refractivity contribution in [2.45, 2.75) is 50.0 Å². The largest absolute Gasteiger partial charge is 0.697 e. The van der Waals surface area contributed by atoms with Gasteiger partial charge in [0.15, 0.2) is 28.7 Å². The van der Waals surface area contributed by atoms with Crippen LogP contribution in [0.25, 0.3) is 22.3 Å². The highest BCUT2D eigenvalue weighted by molar-refractivity contribution is 7.33. The summed E-state index contributed by atoms with van der Waals surface area (Å²) < 4.78 is 55.9. The highest BCUT2D eigenvalue weighted by Crippen LogP contribution is 2.44. The van der Waals surface area contributed by atoms with E-state index in [9.17, 15) is 18.8 Å². The van der Waals surface area contributed by atoms with Crippen LogP contribution in [-0.4, -0.2) is 81.6 Å². The van der Waals surface area contributed by atoms with Crippen LogP contribution in [0.4, 0.5) is 11.8 Å². The van der Waals surface area contributed by atoms with Crippen LogP contribution in [0.5, 0.6) is 0 Å². The zero-order chi connectivity index (χ0) is 31.0. The first kappa shape index (κ1) is 30.2. The smallest absolute Gasteiger partial charge is 0.382 e. The van der Waals surface area contributed by atoms with Crippen molar-refractivity contribution >= 4 is 50.6 Å². The molecule has 3 unspecified atom stereocenters. The molecule has 0 spiro atoms. The summed E-state index contributed by atoms with van der Waals surface area (Å²) in [6, 6.07) is 0. The molecule has 232 valence electrons. The normalized spacial score (nSPS) is 26.0. The van der Waals surface area contributed by atoms with Gasteiger partial charge in [-0.05, 0) is 12.8 Å². The van der Waals surface area contributed by atoms with E-state index in [0.29, 0.717) is 29.9 Å². The summed E-state index contributed by atoms with van der Waals surface area (Å²) in [5, 5.41) is 0. The molecule has 0 saturated carbocycles. The van der Waals surface area contributed by atoms with Gasteiger partial charge in [-0.1, -0.05) is 6.08 Å². The zero-order valence-electron chi connectivity index (χ0n) is 22.9. The second-order valence-electron chi connectivity index (χ2n) is 10.1. The molecular weight excluding hydrogens is 622 g/mol. The van der Waals surface area contributed by atoms with Crippen LogP contribution in [0, 0.1) is 5.92 Å². The number of aromatic nitrogens is 8. The van der Waals surface area contributed by atoms with E-state index in [0.717, 1.165) is 6.42 Å². The number of H-pyrrole nitrogens is 1. The quantitative estimate of drug-likeness (QED) is 0.124. The van der Waals surface area contributed by atoms with Crippen molar-refractivity contribution < 1.29 is 37.1 Å². The minimum absolute atomic E-state index is 0.0109. The predicted molar refractivity (Wildman–Crippen MR) is 152 cm³/mol. The number of rotatable bonds is 12. The molecular formula is C23H28N10O9P2+2. The SMILES string of the molecule is C=C[C@@H]1[C@H](O[P+](=O)OCC2CC[C@H](Cn3cnc4c(N)ncnc43)O2)[C@@H](CO[P+](=O)O)O[C@H]1n1cnc2c(=O)[nH]c(N)nc21. The number of ether oxygens (including phenoxy) is 2. The third-order valence-electron chi connectivity index (χ3n) is 7.33. The Labute approximate surface area is 249 Å². The van der Waals surface area contributed by atoms with Gasteiger partial charge >= 0.3 is 16.5 Å². The van der Waals surface area contributed by atoms with Gasteiger partial charge in [-0.3, -0.25) is 14.3 Å². The summed E-state index contributed by atoms with van der Waals surface area (Å²) in [6.45, 7) is 3.94. The zero-order valence-corrected chi connectivity index (χ0v) is 24.7. The van der Waals surface area contributed by atoms with Gasteiger partial charge in [0.1, 0.15) is 37.4 Å². The minimum Gasteiger partial charge on any atom is -0.382 e. The second kappa shape index (κ2) is 12.7. The van der Waals surface area contributed by atoms with E-state index in [-0.39, 0.29) is 42.5 Å². The number of nitrogen functional groups attached to an aromatic ring is 2. The van der Waals surface area contributed by atoms with E-state index in [4.69, 9.17) is 34.5 Å². The van der Waals surface area contributed by atoms with Crippen LogP contribution < -0.4 is 17.0 Å². The van der Waals surface area contributed by atoms with Crippen LogP contribution in [0.3, 0.4) is 0 Å². The molecule has 0 bridgehead atoms. The van der Waals surface area contributed by atoms with Gasteiger partial charge in [0.25, 0.3) is 5.56 Å². The molecule has 19 nitrogen and oxygen atoms in total. The van der Waals surface area contributed by atoms with Gasteiger partial charge in [-0.15, -0.1) is 25.0 Å². The Hall–Kier alpha value is -3.80. The molecule has 2 aliphatic heterocycles. The molecule has 21 heteroatoms. The van der Waals surface area contributed by atoms with Crippen molar-refractivity contribution in [2.75, 3.05) is 24.7 Å². The minimum atomic E-state index is -2.96. The van der Waals surface area contributed by atoms with E-state index in [2.05, 4.69) is 36.5 Å². The molecule has 44 heavy (non-hydrogen) atoms. The van der Waals surface area contributed by atoms with E-state index in [1.807, 2.05) is 4.57 Å². The number of nitrogens with one attached hydrogen (secondary N) is 1. The van der Waals surface area contributed by atoms with Gasteiger partial charge in [0.05, 0.1) is 37.3 Å². The fraction of sp³-hybridized carbons (Fsp3) is 0.478. The number of imidazole rings is 2. The Bertz CT molecular complexity index is 1780. The van der Waals surface area contributed by atoms with Crippen molar-refractivity contribution in [1.29, 1.82) is 0 Å². The molecule has 6 N–H and O–H groups in total. The number of nitrogens with two attached hydrogens (primary N) is 2. The molecule has 6 heterocycles. The molecule has 0 aromatic carbocycles. The molecule has 6 rings (SSSR count). The Morgan fingerprint density at radius 1 is 1.07 bits per heavy atom. The first-order chi connectivity index (χ1) is 21.2. The van der Waals surface area contributed by atoms with Crippen molar-refractivity contribution in [3.8, 4) is 0 Å². The van der Waals surface area contributed by atoms with Crippen LogP contribution in [0.15, 0.2) is 36.4 Å². The van der Waals surface area contributed by atoms with Gasteiger partial charge < -0.3 is 25.5 Å². The highest BCUT2D eigenvalue weighted by Gasteiger charge is 2.51. The average Bonchev–Trinajstić information content (AvgIpc) is 3.77. The summed E-state index contributed by atoms with van der Waals surface area (Å²) in [4.78, 5) is 44.6. The van der Waals surface area contributed by atoms with Crippen molar-refractivity contribution in [1.82, 2.24) is 39.0 Å². The van der Waals surface area contributed by atoms with Gasteiger partial charge in [-0.25, -0.2) is 19.9 Å². The standard InChI is InChI=1S/C23H26N10O9P2/c1-2-13-17(14(7-38-43(35)36)41-22(13)33-10-29-16-20(33)30-23(25)31-21(16)34)42-44(37)39-6-12-4-3-11(40-12)5-32-9-28-15-18(24)26-8-27-19(15)32/h2,8-14,17,22H,1,3-7H2,(H4-2,24,25,26,27,30,31,34,35,36)/p+2/t11-,12?,13-,14-,17+,22-/m1/s1. The highest BCUT2D eigenvalue weighted by atomic mass is 31.1. The Kier molecular flexibility index (Phi) is 8.70. The molecule has 0 aliphatic carbocycles. The number of hydrogen-bond acceptors (Lipinski definition) is 15. The average molecular weight is 650 g/mol. The molecule has 2 fully saturated rings. The summed E-state index contributed by atoms with van der Waals surface area (Å²) >= 11 is 0. The van der Waals surface area contributed by atoms with Crippen molar-refractivity contribution in [3.63, 3.8) is 0 Å². The molecule has 2 saturated heterocycles. The maximum Gasteiger partial charge on any atom is 0.697 e. The number of aromatic amines is 1. The van der Waals surface area contributed by atoms with Crippen LogP contribution in [-0.2, 0) is 38.7 Å². The number of nitrogens with zero attached hydrogens (tertiary/aromatic N) is 7. The molecule has 0 amide bonds. The molecule has 2 aliphatic rings.